The Morgan fingerprint density at radius 1 is 1.35 bits per heavy atom. The summed E-state index contributed by atoms with van der Waals surface area (Å²) in [6.45, 7) is 5.00. The van der Waals surface area contributed by atoms with Crippen molar-refractivity contribution in [1.29, 1.82) is 0 Å². The van der Waals surface area contributed by atoms with Gasteiger partial charge >= 0.3 is 0 Å². The number of carbonyl (C=O) groups excluding carboxylic acids is 1. The molecule has 4 heteroatoms. The maximum absolute atomic E-state index is 14.3. The molecule has 1 heterocycles. The molecule has 1 aromatic rings. The van der Waals surface area contributed by atoms with Crippen LogP contribution in [0.3, 0.4) is 0 Å². The quantitative estimate of drug-likeness (QED) is 0.835. The van der Waals surface area contributed by atoms with Crippen LogP contribution in [0.25, 0.3) is 0 Å². The van der Waals surface area contributed by atoms with Crippen molar-refractivity contribution < 1.29 is 9.18 Å². The van der Waals surface area contributed by atoms with Crippen LogP contribution in [-0.4, -0.2) is 12.5 Å². The van der Waals surface area contributed by atoms with Crippen molar-refractivity contribution in [2.45, 2.75) is 52.0 Å². The van der Waals surface area contributed by atoms with Crippen LogP contribution < -0.4 is 10.6 Å². The molecular formula is C16H23FN2O. The number of anilines is 1. The second-order valence-corrected chi connectivity index (χ2v) is 5.33. The average molecular weight is 278 g/mol. The van der Waals surface area contributed by atoms with Gasteiger partial charge in [0.05, 0.1) is 0 Å². The van der Waals surface area contributed by atoms with E-state index in [0.29, 0.717) is 18.5 Å². The molecule has 20 heavy (non-hydrogen) atoms. The summed E-state index contributed by atoms with van der Waals surface area (Å²) in [4.78, 5) is 11.4. The second-order valence-electron chi connectivity index (χ2n) is 5.33. The molecule has 0 aliphatic carbocycles. The van der Waals surface area contributed by atoms with Gasteiger partial charge in [-0.1, -0.05) is 26.7 Å². The van der Waals surface area contributed by atoms with Gasteiger partial charge in [-0.2, -0.15) is 0 Å². The number of nitrogens with one attached hydrogen (secondary N) is 2. The van der Waals surface area contributed by atoms with Crippen molar-refractivity contribution in [2.75, 3.05) is 11.9 Å². The Morgan fingerprint density at radius 3 is 2.85 bits per heavy atom. The molecule has 0 saturated heterocycles. The van der Waals surface area contributed by atoms with Crippen molar-refractivity contribution in [3.05, 3.63) is 29.1 Å². The van der Waals surface area contributed by atoms with E-state index in [1.807, 2.05) is 13.0 Å². The smallest absolute Gasteiger partial charge is 0.224 e. The molecule has 1 unspecified atom stereocenters. The molecule has 1 aromatic carbocycles. The van der Waals surface area contributed by atoms with Crippen LogP contribution >= 0.6 is 0 Å². The zero-order chi connectivity index (χ0) is 14.5. The first-order chi connectivity index (χ1) is 9.65. The number of benzene rings is 1. The third-order valence-corrected chi connectivity index (χ3v) is 3.79. The minimum absolute atomic E-state index is 0.0288. The topological polar surface area (TPSA) is 41.1 Å². The van der Waals surface area contributed by atoms with E-state index < -0.39 is 0 Å². The molecule has 0 radical (unpaired) electrons. The van der Waals surface area contributed by atoms with Gasteiger partial charge in [0.25, 0.3) is 0 Å². The number of hydrogen-bond acceptors (Lipinski definition) is 2. The maximum atomic E-state index is 14.3. The largest absolute Gasteiger partial charge is 0.326 e. The van der Waals surface area contributed by atoms with Gasteiger partial charge in [0.2, 0.25) is 5.91 Å². The van der Waals surface area contributed by atoms with E-state index in [0.717, 1.165) is 36.9 Å². The number of amides is 1. The van der Waals surface area contributed by atoms with Gasteiger partial charge in [-0.15, -0.1) is 0 Å². The summed E-state index contributed by atoms with van der Waals surface area (Å²) in [7, 11) is 0. The number of carbonyl (C=O) groups is 1. The Labute approximate surface area is 120 Å². The van der Waals surface area contributed by atoms with E-state index in [4.69, 9.17) is 0 Å². The van der Waals surface area contributed by atoms with Crippen molar-refractivity contribution in [3.8, 4) is 0 Å². The molecule has 0 fully saturated rings. The second kappa shape index (κ2) is 6.84. The monoisotopic (exact) mass is 278 g/mol. The summed E-state index contributed by atoms with van der Waals surface area (Å²) >= 11 is 0. The molecule has 2 N–H and O–H groups in total. The molecule has 0 saturated carbocycles. The van der Waals surface area contributed by atoms with E-state index in [9.17, 15) is 9.18 Å². The van der Waals surface area contributed by atoms with Crippen molar-refractivity contribution in [2.24, 2.45) is 0 Å². The fourth-order valence-electron chi connectivity index (χ4n) is 2.71. The Bertz CT molecular complexity index is 488. The van der Waals surface area contributed by atoms with Crippen molar-refractivity contribution in [3.63, 3.8) is 0 Å². The third kappa shape index (κ3) is 3.37. The predicted molar refractivity (Wildman–Crippen MR) is 79.3 cm³/mol. The summed E-state index contributed by atoms with van der Waals surface area (Å²) in [6.07, 6.45) is 4.29. The summed E-state index contributed by atoms with van der Waals surface area (Å²) in [5.74, 6) is -0.258. The van der Waals surface area contributed by atoms with Crippen LogP contribution in [0, 0.1) is 5.82 Å². The number of aryl methyl sites for hydroxylation is 1. The molecule has 1 amide bonds. The highest BCUT2D eigenvalue weighted by Gasteiger charge is 2.21. The molecule has 0 spiro atoms. The highest BCUT2D eigenvalue weighted by atomic mass is 19.1. The molecule has 1 aliphatic rings. The minimum atomic E-state index is -0.229. The molecule has 1 aliphatic heterocycles. The SMILES string of the molecule is CCCCC(NCC)c1cc2c(cc1F)NC(=O)CC2. The number of rotatable bonds is 6. The maximum Gasteiger partial charge on any atom is 0.224 e. The van der Waals surface area contributed by atoms with E-state index in [2.05, 4.69) is 17.6 Å². The lowest BCUT2D eigenvalue weighted by Crippen LogP contribution is -2.24. The molecule has 1 atom stereocenters. The minimum Gasteiger partial charge on any atom is -0.326 e. The Kier molecular flexibility index (Phi) is 5.12. The average Bonchev–Trinajstić information content (AvgIpc) is 2.43. The van der Waals surface area contributed by atoms with Gasteiger partial charge in [-0.05, 0) is 37.1 Å². The lowest BCUT2D eigenvalue weighted by Gasteiger charge is -2.23. The van der Waals surface area contributed by atoms with Crippen LogP contribution in [0.15, 0.2) is 12.1 Å². The highest BCUT2D eigenvalue weighted by Crippen LogP contribution is 2.30. The Morgan fingerprint density at radius 2 is 2.15 bits per heavy atom. The van der Waals surface area contributed by atoms with Gasteiger partial charge < -0.3 is 10.6 Å². The van der Waals surface area contributed by atoms with Crippen molar-refractivity contribution in [1.82, 2.24) is 5.32 Å². The standard InChI is InChI=1S/C16H23FN2O/c1-3-5-6-14(18-4-2)12-9-11-7-8-16(20)19-15(11)10-13(12)17/h9-10,14,18H,3-8H2,1-2H3,(H,19,20). The first-order valence-electron chi connectivity index (χ1n) is 7.51. The molecule has 2 rings (SSSR count). The lowest BCUT2D eigenvalue weighted by molar-refractivity contribution is -0.116. The number of hydrogen-bond donors (Lipinski definition) is 2. The van der Waals surface area contributed by atoms with E-state index in [1.54, 1.807) is 0 Å². The summed E-state index contributed by atoms with van der Waals surface area (Å²) < 4.78 is 14.3. The molecular weight excluding hydrogens is 255 g/mol. The summed E-state index contributed by atoms with van der Waals surface area (Å²) in [6, 6.07) is 3.45. The fraction of sp³-hybridized carbons (Fsp3) is 0.562. The van der Waals surface area contributed by atoms with Gasteiger partial charge in [-0.25, -0.2) is 4.39 Å². The highest BCUT2D eigenvalue weighted by molar-refractivity contribution is 5.93. The third-order valence-electron chi connectivity index (χ3n) is 3.79. The molecule has 0 aromatic heterocycles. The van der Waals surface area contributed by atoms with Crippen LogP contribution in [0.1, 0.15) is 56.7 Å². The van der Waals surface area contributed by atoms with Crippen molar-refractivity contribution >= 4 is 11.6 Å². The predicted octanol–water partition coefficient (Wildman–Crippen LogP) is 3.55. The van der Waals surface area contributed by atoms with Crippen LogP contribution in [-0.2, 0) is 11.2 Å². The number of unbranched alkanes of at least 4 members (excludes halogenated alkanes) is 1. The zero-order valence-electron chi connectivity index (χ0n) is 12.3. The molecule has 3 nitrogen and oxygen atoms in total. The fourth-order valence-corrected chi connectivity index (χ4v) is 2.71. The molecule has 0 bridgehead atoms. The summed E-state index contributed by atoms with van der Waals surface area (Å²) in [5, 5.41) is 6.11. The van der Waals surface area contributed by atoms with Crippen LogP contribution in [0.5, 0.6) is 0 Å². The normalized spacial score (nSPS) is 15.7. The van der Waals surface area contributed by atoms with E-state index in [-0.39, 0.29) is 17.8 Å². The first-order valence-corrected chi connectivity index (χ1v) is 7.51. The first kappa shape index (κ1) is 15.0. The van der Waals surface area contributed by atoms with Gasteiger partial charge in [0.15, 0.2) is 0 Å². The van der Waals surface area contributed by atoms with Gasteiger partial charge in [0.1, 0.15) is 5.82 Å². The molecule has 110 valence electrons. The number of halogens is 1. The van der Waals surface area contributed by atoms with Crippen LogP contribution in [0.2, 0.25) is 0 Å². The zero-order valence-corrected chi connectivity index (χ0v) is 12.3. The van der Waals surface area contributed by atoms with Crippen LogP contribution in [0.4, 0.5) is 10.1 Å². The van der Waals surface area contributed by atoms with Gasteiger partial charge in [0, 0.05) is 23.7 Å². The van der Waals surface area contributed by atoms with Gasteiger partial charge in [-0.3, -0.25) is 4.79 Å². The Hall–Kier alpha value is -1.42. The van der Waals surface area contributed by atoms with E-state index in [1.165, 1.54) is 6.07 Å². The number of fused-ring (bicyclic) bond motifs is 1. The Balaban J connectivity index is 2.27. The van der Waals surface area contributed by atoms with E-state index >= 15 is 0 Å². The summed E-state index contributed by atoms with van der Waals surface area (Å²) in [5.41, 5.74) is 2.41. The lowest BCUT2D eigenvalue weighted by atomic mass is 9.94.